The summed E-state index contributed by atoms with van der Waals surface area (Å²) in [7, 11) is -4.44. The summed E-state index contributed by atoms with van der Waals surface area (Å²) in [6.45, 7) is 5.62. The number of amides is 3. The van der Waals surface area contributed by atoms with Crippen LogP contribution in [0.25, 0.3) is 0 Å². The first kappa shape index (κ1) is 41.6. The molecule has 0 unspecified atom stereocenters. The molecular formula is C37H49N5O9S. The molecule has 3 aromatic carbocycles. The van der Waals surface area contributed by atoms with Gasteiger partial charge in [-0.15, -0.1) is 0 Å². The van der Waals surface area contributed by atoms with Crippen molar-refractivity contribution in [1.82, 2.24) is 19.7 Å². The molecule has 15 heteroatoms. The highest BCUT2D eigenvalue weighted by Gasteiger charge is 2.39. The van der Waals surface area contributed by atoms with E-state index in [2.05, 4.69) is 15.4 Å². The van der Waals surface area contributed by atoms with Crippen LogP contribution < -0.4 is 21.1 Å². The fraction of sp³-hybridized carbons (Fsp3) is 0.405. The minimum Gasteiger partial charge on any atom is -0.459 e. The Morgan fingerprint density at radius 2 is 1.29 bits per heavy atom. The molecule has 0 bridgehead atoms. The smallest absolute Gasteiger partial charge is 0.408 e. The number of hydrogen-bond donors (Lipinski definition) is 5. The zero-order valence-electron chi connectivity index (χ0n) is 29.9. The van der Waals surface area contributed by atoms with Gasteiger partial charge < -0.3 is 30.9 Å². The number of carbonyl (C=O) groups is 4. The largest absolute Gasteiger partial charge is 0.459 e. The second-order valence-electron chi connectivity index (χ2n) is 13.3. The van der Waals surface area contributed by atoms with Crippen LogP contribution in [0.15, 0.2) is 91.0 Å². The van der Waals surface area contributed by atoms with Gasteiger partial charge in [-0.2, -0.15) is 17.4 Å². The van der Waals surface area contributed by atoms with Gasteiger partial charge in [-0.05, 0) is 42.9 Å². The van der Waals surface area contributed by atoms with Gasteiger partial charge in [-0.1, -0.05) is 105 Å². The minimum absolute atomic E-state index is 0.0490. The zero-order chi connectivity index (χ0) is 38.3. The number of ether oxygens (including phenoxy) is 2. The van der Waals surface area contributed by atoms with Crippen molar-refractivity contribution in [2.45, 2.75) is 77.5 Å². The Labute approximate surface area is 305 Å². The van der Waals surface area contributed by atoms with Gasteiger partial charge in [-0.3, -0.25) is 14.4 Å². The molecule has 0 aliphatic rings. The van der Waals surface area contributed by atoms with E-state index in [0.29, 0.717) is 11.1 Å². The van der Waals surface area contributed by atoms with Gasteiger partial charge in [0.15, 0.2) is 0 Å². The highest BCUT2D eigenvalue weighted by Crippen LogP contribution is 2.16. The van der Waals surface area contributed by atoms with Gasteiger partial charge >= 0.3 is 12.1 Å². The maximum Gasteiger partial charge on any atom is 0.408 e. The highest BCUT2D eigenvalue weighted by molar-refractivity contribution is 7.87. The molecular weight excluding hydrogens is 690 g/mol. The van der Waals surface area contributed by atoms with E-state index in [9.17, 15) is 32.7 Å². The third kappa shape index (κ3) is 14.1. The predicted molar refractivity (Wildman–Crippen MR) is 194 cm³/mol. The molecule has 282 valence electrons. The third-order valence-electron chi connectivity index (χ3n) is 7.72. The molecule has 0 saturated heterocycles. The number of nitrogens with two attached hydrogens (primary N) is 1. The lowest BCUT2D eigenvalue weighted by atomic mass is 10.00. The number of aliphatic hydroxyl groups excluding tert-OH is 1. The predicted octanol–water partition coefficient (Wildman–Crippen LogP) is 2.56. The molecule has 3 amide bonds. The molecule has 3 rings (SSSR count). The number of esters is 1. The summed E-state index contributed by atoms with van der Waals surface area (Å²) in [5, 5.41) is 16.6. The number of hydrogen-bond acceptors (Lipinski definition) is 9. The summed E-state index contributed by atoms with van der Waals surface area (Å²) in [4.78, 5) is 51.1. The first-order chi connectivity index (χ1) is 24.6. The number of nitrogens with zero attached hydrogens (tertiary/aromatic N) is 1. The molecule has 3 aromatic rings. The topological polar surface area (TPSA) is 206 Å². The lowest BCUT2D eigenvalue weighted by Crippen LogP contribution is -2.59. The number of primary amides is 1. The maximum absolute atomic E-state index is 13.8. The zero-order valence-corrected chi connectivity index (χ0v) is 30.7. The summed E-state index contributed by atoms with van der Waals surface area (Å²) in [6, 6.07) is 24.0. The average Bonchev–Trinajstić information content (AvgIpc) is 3.09. The Morgan fingerprint density at radius 1 is 0.788 bits per heavy atom. The summed E-state index contributed by atoms with van der Waals surface area (Å²) in [6.07, 6.45) is -3.01. The minimum atomic E-state index is -4.44. The van der Waals surface area contributed by atoms with Gasteiger partial charge in [0.25, 0.3) is 10.2 Å². The summed E-state index contributed by atoms with van der Waals surface area (Å²) in [5.74, 6) is -2.75. The normalized spacial score (nSPS) is 13.5. The molecule has 0 aliphatic heterocycles. The number of carbonyl (C=O) groups excluding carboxylic acids is 4. The van der Waals surface area contributed by atoms with Crippen molar-refractivity contribution in [3.63, 3.8) is 0 Å². The Balaban J connectivity index is 1.79. The molecule has 6 N–H and O–H groups in total. The van der Waals surface area contributed by atoms with Crippen LogP contribution in [0.3, 0.4) is 0 Å². The van der Waals surface area contributed by atoms with E-state index in [0.717, 1.165) is 9.87 Å². The number of aliphatic hydroxyl groups is 1. The number of rotatable bonds is 20. The molecule has 0 radical (unpaired) electrons. The van der Waals surface area contributed by atoms with Crippen LogP contribution in [0.4, 0.5) is 4.79 Å². The SMILES string of the molecule is CC(C)CN(C[C@@H](O)[C@H](Cc1ccccc1)NC(=O)[C@H](CC(N)=O)NC(=O)OCc1ccccc1)S(=O)(=O)NC(C)(C)C(=O)OCc1ccccc1. The van der Waals surface area contributed by atoms with Gasteiger partial charge in [0.05, 0.1) is 18.6 Å². The van der Waals surface area contributed by atoms with Crippen molar-refractivity contribution >= 4 is 34.1 Å². The fourth-order valence-electron chi connectivity index (χ4n) is 5.10. The van der Waals surface area contributed by atoms with E-state index >= 15 is 0 Å². The standard InChI is InChI=1S/C37H49N5O9S/c1-26(2)22-42(52(48,49)41-37(3,4)35(46)50-24-28-16-10-6-11-17-28)23-32(43)30(20-27-14-8-5-9-15-27)39-34(45)31(21-33(38)44)40-36(47)51-25-29-18-12-7-13-19-29/h5-19,26,30-32,41,43H,20-25H2,1-4H3,(H2,38,44)(H,39,45)(H,40,47)/t30-,31-,32+/m0/s1. The lowest BCUT2D eigenvalue weighted by Gasteiger charge is -2.33. The van der Waals surface area contributed by atoms with Crippen LogP contribution in [0.2, 0.25) is 0 Å². The maximum atomic E-state index is 13.8. The monoisotopic (exact) mass is 739 g/mol. The third-order valence-corrected chi connectivity index (χ3v) is 9.47. The van der Waals surface area contributed by atoms with Crippen LogP contribution in [0.5, 0.6) is 0 Å². The van der Waals surface area contributed by atoms with Gasteiger partial charge in [-0.25, -0.2) is 4.79 Å². The summed E-state index contributed by atoms with van der Waals surface area (Å²) >= 11 is 0. The van der Waals surface area contributed by atoms with Crippen LogP contribution in [0, 0.1) is 5.92 Å². The summed E-state index contributed by atoms with van der Waals surface area (Å²) in [5.41, 5.74) is 5.83. The van der Waals surface area contributed by atoms with E-state index in [1.54, 1.807) is 98.8 Å². The molecule has 3 atom stereocenters. The van der Waals surface area contributed by atoms with Crippen LogP contribution in [0.1, 0.15) is 50.8 Å². The Morgan fingerprint density at radius 3 is 1.79 bits per heavy atom. The fourth-order valence-corrected chi connectivity index (χ4v) is 6.80. The molecule has 0 aliphatic carbocycles. The van der Waals surface area contributed by atoms with Gasteiger partial charge in [0.2, 0.25) is 11.8 Å². The van der Waals surface area contributed by atoms with Crippen molar-refractivity contribution in [2.75, 3.05) is 13.1 Å². The van der Waals surface area contributed by atoms with E-state index in [-0.39, 0.29) is 32.1 Å². The van der Waals surface area contributed by atoms with E-state index in [1.165, 1.54) is 13.8 Å². The first-order valence-electron chi connectivity index (χ1n) is 16.8. The second-order valence-corrected chi connectivity index (χ2v) is 15.0. The molecule has 0 aromatic heterocycles. The van der Waals surface area contributed by atoms with Crippen molar-refractivity contribution in [1.29, 1.82) is 0 Å². The first-order valence-corrected chi connectivity index (χ1v) is 18.3. The summed E-state index contributed by atoms with van der Waals surface area (Å²) < 4.78 is 41.6. The molecule has 0 spiro atoms. The Bertz CT molecular complexity index is 1710. The highest BCUT2D eigenvalue weighted by atomic mass is 32.2. The average molecular weight is 740 g/mol. The van der Waals surface area contributed by atoms with E-state index in [1.807, 2.05) is 6.07 Å². The van der Waals surface area contributed by atoms with Crippen molar-refractivity contribution in [3.8, 4) is 0 Å². The van der Waals surface area contributed by atoms with E-state index < -0.39 is 70.8 Å². The Hall–Kier alpha value is -4.83. The second kappa shape index (κ2) is 19.7. The van der Waals surface area contributed by atoms with Crippen molar-refractivity contribution < 1.29 is 42.2 Å². The Kier molecular flexibility index (Phi) is 15.7. The molecule has 0 fully saturated rings. The lowest BCUT2D eigenvalue weighted by molar-refractivity contribution is -0.150. The number of benzene rings is 3. The molecule has 0 saturated carbocycles. The van der Waals surface area contributed by atoms with Gasteiger partial charge in [0.1, 0.15) is 24.8 Å². The number of nitrogens with one attached hydrogen (secondary N) is 3. The van der Waals surface area contributed by atoms with Crippen LogP contribution in [-0.2, 0) is 53.7 Å². The molecule has 52 heavy (non-hydrogen) atoms. The van der Waals surface area contributed by atoms with Crippen LogP contribution in [-0.4, -0.2) is 78.5 Å². The van der Waals surface area contributed by atoms with Gasteiger partial charge in [0, 0.05) is 13.1 Å². The van der Waals surface area contributed by atoms with Crippen LogP contribution >= 0.6 is 0 Å². The van der Waals surface area contributed by atoms with Crippen molar-refractivity contribution in [3.05, 3.63) is 108 Å². The molecule has 14 nitrogen and oxygen atoms in total. The molecule has 0 heterocycles. The van der Waals surface area contributed by atoms with E-state index in [4.69, 9.17) is 15.2 Å². The number of alkyl carbamates (subject to hydrolysis) is 1. The quantitative estimate of drug-likeness (QED) is 0.108. The van der Waals surface area contributed by atoms with Crippen molar-refractivity contribution in [2.24, 2.45) is 11.7 Å².